The van der Waals surface area contributed by atoms with E-state index >= 15 is 4.39 Å². The molecule has 0 aliphatic rings. The number of alkyl halides is 11. The molecule has 0 aromatic heterocycles. The molecule has 0 aromatic carbocycles. The summed E-state index contributed by atoms with van der Waals surface area (Å²) in [4.78, 5) is 0. The molecule has 0 saturated carbocycles. The second-order valence-electron chi connectivity index (χ2n) is 9.83. The van der Waals surface area contributed by atoms with Crippen LogP contribution in [0, 0.1) is 0 Å². The summed E-state index contributed by atoms with van der Waals surface area (Å²) < 4.78 is 195. The second kappa shape index (κ2) is 23.3. The molecule has 0 aromatic rings. The van der Waals surface area contributed by atoms with Crippen molar-refractivity contribution in [2.45, 2.75) is 81.0 Å². The third-order valence-corrected chi connectivity index (χ3v) is 15.4. The molecule has 0 rings (SSSR count). The van der Waals surface area contributed by atoms with Crippen LogP contribution in [-0.4, -0.2) is 135 Å². The Bertz CT molecular complexity index is 869. The first-order chi connectivity index (χ1) is 23.4. The second-order valence-corrected chi connectivity index (χ2v) is 19.1. The number of rotatable bonds is 28. The lowest BCUT2D eigenvalue weighted by molar-refractivity contribution is -0.566. The Morgan fingerprint density at radius 1 is 0.431 bits per heavy atom. The van der Waals surface area contributed by atoms with Crippen LogP contribution in [0.2, 0.25) is 18.1 Å². The van der Waals surface area contributed by atoms with Gasteiger partial charge in [0.25, 0.3) is 0 Å². The number of hydrogen-bond donors (Lipinski definition) is 0. The van der Waals surface area contributed by atoms with Crippen LogP contribution in [0.4, 0.5) is 48.3 Å². The van der Waals surface area contributed by atoms with E-state index in [1.165, 1.54) is 0 Å². The number of ether oxygens (including phenoxy) is 4. The van der Waals surface area contributed by atoms with Crippen LogP contribution in [0.5, 0.6) is 0 Å². The molecule has 310 valence electrons. The van der Waals surface area contributed by atoms with Crippen LogP contribution >= 0.6 is 0 Å². The molecule has 0 unspecified atom stereocenters. The van der Waals surface area contributed by atoms with Gasteiger partial charge in [0.15, 0.2) is 6.86 Å². The standard InChI is InChI=1S/C19H45FO10Si3.C5H2F10O3/c1-21-31(22-2,23-3)16-10-13-19(20,14-11-17-32(24-4,25-5)26-6)30-15-12-18-33(27-7,28-8)29-9;6-1-16-2(7,8)3(9,10)17-5(14,15)18-4(11,12)13/h10-18H2,1-9H3;1H2. The molecule has 0 heterocycles. The Hall–Kier alpha value is -0.639. The van der Waals surface area contributed by atoms with Gasteiger partial charge in [-0.25, -0.2) is 13.5 Å². The molecular formula is C24H47F11O13Si3. The van der Waals surface area contributed by atoms with Gasteiger partial charge in [-0.05, 0) is 19.3 Å². The van der Waals surface area contributed by atoms with Gasteiger partial charge in [0.1, 0.15) is 0 Å². The lowest BCUT2D eigenvalue weighted by Gasteiger charge is -2.30. The fourth-order valence-electron chi connectivity index (χ4n) is 4.14. The zero-order valence-corrected chi connectivity index (χ0v) is 32.5. The maximum absolute atomic E-state index is 15.9. The molecular weight excluding hydrogens is 789 g/mol. The summed E-state index contributed by atoms with van der Waals surface area (Å²) in [5.41, 5.74) is 0. The SMILES string of the molecule is CO[Si](CCCOC(F)(CCC[Si](OC)(OC)OC)CCC[Si](OC)(OC)OC)(OC)OC.FCOC(F)(F)C(F)(F)OC(F)(F)OC(F)(F)F. The van der Waals surface area contributed by atoms with Crippen molar-refractivity contribution < 1.29 is 107 Å². The summed E-state index contributed by atoms with van der Waals surface area (Å²) in [6, 6.07) is 1.48. The predicted octanol–water partition coefficient (Wildman–Crippen LogP) is 6.47. The van der Waals surface area contributed by atoms with Crippen molar-refractivity contribution >= 4 is 26.4 Å². The molecule has 0 radical (unpaired) electrons. The summed E-state index contributed by atoms with van der Waals surface area (Å²) in [7, 11) is 5.58. The molecule has 0 fully saturated rings. The van der Waals surface area contributed by atoms with Crippen molar-refractivity contribution in [1.82, 2.24) is 0 Å². The monoisotopic (exact) mass is 836 g/mol. The molecule has 0 saturated heterocycles. The van der Waals surface area contributed by atoms with Gasteiger partial charge in [-0.2, -0.15) is 22.3 Å². The van der Waals surface area contributed by atoms with E-state index < -0.39 is 64.0 Å². The van der Waals surface area contributed by atoms with Gasteiger partial charge in [-0.1, -0.05) is 0 Å². The smallest absolute Gasteiger partial charge is 0.377 e. The van der Waals surface area contributed by atoms with Crippen LogP contribution in [-0.2, 0) is 58.8 Å². The zero-order valence-electron chi connectivity index (χ0n) is 29.5. The van der Waals surface area contributed by atoms with Crippen molar-refractivity contribution in [3.63, 3.8) is 0 Å². The molecule has 0 aliphatic heterocycles. The highest BCUT2D eigenvalue weighted by molar-refractivity contribution is 6.61. The minimum absolute atomic E-state index is 0.167. The highest BCUT2D eigenvalue weighted by Gasteiger charge is 2.66. The predicted molar refractivity (Wildman–Crippen MR) is 158 cm³/mol. The Kier molecular flexibility index (Phi) is 24.0. The van der Waals surface area contributed by atoms with E-state index in [1.807, 2.05) is 4.74 Å². The van der Waals surface area contributed by atoms with Crippen molar-refractivity contribution in [2.75, 3.05) is 77.5 Å². The minimum atomic E-state index is -6.27. The summed E-state index contributed by atoms with van der Waals surface area (Å²) in [5, 5.41) is 0. The molecule has 0 N–H and O–H groups in total. The molecule has 0 spiro atoms. The van der Waals surface area contributed by atoms with Gasteiger partial charge in [-0.15, -0.1) is 22.0 Å². The molecule has 0 bridgehead atoms. The fourth-order valence-corrected chi connectivity index (χ4v) is 9.27. The van der Waals surface area contributed by atoms with E-state index in [1.54, 1.807) is 68.7 Å². The van der Waals surface area contributed by atoms with E-state index in [9.17, 15) is 43.9 Å². The Morgan fingerprint density at radius 3 is 1.06 bits per heavy atom. The summed E-state index contributed by atoms with van der Waals surface area (Å²) in [6.07, 6.45) is -22.7. The molecule has 0 amide bonds. The van der Waals surface area contributed by atoms with Crippen LogP contribution in [0.25, 0.3) is 0 Å². The lowest BCUT2D eigenvalue weighted by atomic mass is 10.1. The molecule has 0 aliphatic carbocycles. The van der Waals surface area contributed by atoms with Crippen molar-refractivity contribution in [2.24, 2.45) is 0 Å². The van der Waals surface area contributed by atoms with Gasteiger partial charge in [0.05, 0.1) is 6.61 Å². The first kappa shape index (κ1) is 52.5. The van der Waals surface area contributed by atoms with Crippen LogP contribution in [0.1, 0.15) is 32.1 Å². The largest absolute Gasteiger partial charge is 0.529 e. The number of halogens is 11. The average molecular weight is 837 g/mol. The Morgan fingerprint density at radius 2 is 0.765 bits per heavy atom. The summed E-state index contributed by atoms with van der Waals surface area (Å²) in [6.45, 7) is -2.33. The normalized spacial score (nSPS) is 14.1. The van der Waals surface area contributed by atoms with E-state index in [2.05, 4.69) is 4.74 Å². The quantitative estimate of drug-likeness (QED) is 0.0371. The lowest BCUT2D eigenvalue weighted by Crippen LogP contribution is -2.50. The molecule has 13 nitrogen and oxygen atoms in total. The van der Waals surface area contributed by atoms with Gasteiger partial charge >= 0.3 is 51.3 Å². The zero-order chi connectivity index (χ0) is 40.3. The minimum Gasteiger partial charge on any atom is -0.377 e. The third-order valence-electron chi connectivity index (χ3n) is 6.91. The van der Waals surface area contributed by atoms with E-state index in [-0.39, 0.29) is 19.4 Å². The maximum Gasteiger partial charge on any atom is 0.529 e. The van der Waals surface area contributed by atoms with Crippen molar-refractivity contribution in [1.29, 1.82) is 0 Å². The highest BCUT2D eigenvalue weighted by Crippen LogP contribution is 2.42. The van der Waals surface area contributed by atoms with Crippen molar-refractivity contribution in [3.8, 4) is 0 Å². The Labute approximate surface area is 292 Å². The van der Waals surface area contributed by atoms with Crippen LogP contribution in [0.15, 0.2) is 0 Å². The van der Waals surface area contributed by atoms with Gasteiger partial charge < -0.3 is 44.6 Å². The highest BCUT2D eigenvalue weighted by atomic mass is 28.4. The van der Waals surface area contributed by atoms with Gasteiger partial charge in [0.2, 0.25) is 5.85 Å². The first-order valence-corrected chi connectivity index (χ1v) is 20.3. The molecule has 0 atom stereocenters. The topological polar surface area (TPSA) is 120 Å². The van der Waals surface area contributed by atoms with Gasteiger partial charge in [0, 0.05) is 95.0 Å². The van der Waals surface area contributed by atoms with E-state index in [4.69, 9.17) is 44.6 Å². The average Bonchev–Trinajstić information content (AvgIpc) is 3.05. The van der Waals surface area contributed by atoms with Crippen molar-refractivity contribution in [3.05, 3.63) is 0 Å². The summed E-state index contributed by atoms with van der Waals surface area (Å²) >= 11 is 0. The molecule has 27 heteroatoms. The maximum atomic E-state index is 15.9. The fraction of sp³-hybridized carbons (Fsp3) is 1.00. The van der Waals surface area contributed by atoms with E-state index in [0.29, 0.717) is 37.4 Å². The number of hydrogen-bond acceptors (Lipinski definition) is 13. The Balaban J connectivity index is 0. The van der Waals surface area contributed by atoms with E-state index in [0.717, 1.165) is 0 Å². The summed E-state index contributed by atoms with van der Waals surface area (Å²) in [5.74, 6) is -1.85. The van der Waals surface area contributed by atoms with Crippen LogP contribution in [0.3, 0.4) is 0 Å². The third kappa shape index (κ3) is 19.0. The van der Waals surface area contributed by atoms with Crippen LogP contribution < -0.4 is 0 Å². The first-order valence-electron chi connectivity index (χ1n) is 14.5. The molecule has 51 heavy (non-hydrogen) atoms. The van der Waals surface area contributed by atoms with Gasteiger partial charge in [-0.3, -0.25) is 4.74 Å².